The van der Waals surface area contributed by atoms with Crippen LogP contribution in [-0.4, -0.2) is 27.0 Å². The van der Waals surface area contributed by atoms with Crippen LogP contribution in [0.25, 0.3) is 0 Å². The van der Waals surface area contributed by atoms with Crippen LogP contribution in [0, 0.1) is 6.42 Å². The van der Waals surface area contributed by atoms with E-state index in [4.69, 9.17) is 0 Å². The fraction of sp³-hybridized carbons (Fsp3) is 0.667. The molecule has 2 heterocycles. The molecule has 93 valence electrons. The summed E-state index contributed by atoms with van der Waals surface area (Å²) in [4.78, 5) is 12.6. The molecule has 17 heavy (non-hydrogen) atoms. The summed E-state index contributed by atoms with van der Waals surface area (Å²) in [5, 5.41) is 6.72. The minimum Gasteiger partial charge on any atom is -0.351 e. The Balaban J connectivity index is 2.11. The van der Waals surface area contributed by atoms with E-state index in [1.54, 1.807) is 6.33 Å². The van der Waals surface area contributed by atoms with Crippen LogP contribution in [0.2, 0.25) is 0 Å². The van der Waals surface area contributed by atoms with E-state index in [2.05, 4.69) is 45.9 Å². The van der Waals surface area contributed by atoms with Crippen molar-refractivity contribution in [3.05, 3.63) is 12.7 Å². The summed E-state index contributed by atoms with van der Waals surface area (Å²) in [5.41, 5.74) is 0. The minimum absolute atomic E-state index is 0.336. The Bertz CT molecular complexity index is 355. The Morgan fingerprint density at radius 3 is 2.76 bits per heavy atom. The van der Waals surface area contributed by atoms with Gasteiger partial charge in [0.05, 0.1) is 0 Å². The van der Waals surface area contributed by atoms with E-state index >= 15 is 0 Å². The molecule has 1 aromatic heterocycles. The van der Waals surface area contributed by atoms with Gasteiger partial charge in [-0.1, -0.05) is 20.3 Å². The number of nitrogens with one attached hydrogen (secondary N) is 2. The fourth-order valence-electron chi connectivity index (χ4n) is 2.00. The van der Waals surface area contributed by atoms with Gasteiger partial charge in [0.1, 0.15) is 6.33 Å². The average molecular weight is 234 g/mol. The number of anilines is 2. The van der Waals surface area contributed by atoms with Crippen molar-refractivity contribution in [3.63, 3.8) is 0 Å². The van der Waals surface area contributed by atoms with Gasteiger partial charge in [-0.15, -0.1) is 0 Å². The van der Waals surface area contributed by atoms with Crippen LogP contribution in [0.1, 0.15) is 39.5 Å². The molecule has 0 spiro atoms. The summed E-state index contributed by atoms with van der Waals surface area (Å²) in [7, 11) is 0. The topological polar surface area (TPSA) is 62.7 Å². The summed E-state index contributed by atoms with van der Waals surface area (Å²) >= 11 is 0. The van der Waals surface area contributed by atoms with Crippen LogP contribution in [0.4, 0.5) is 11.9 Å². The van der Waals surface area contributed by atoms with Crippen molar-refractivity contribution in [1.82, 2.24) is 15.0 Å². The third-order valence-corrected chi connectivity index (χ3v) is 2.99. The molecule has 0 aliphatic carbocycles. The molecule has 0 saturated carbocycles. The summed E-state index contributed by atoms with van der Waals surface area (Å²) in [6, 6.07) is 0.749. The highest BCUT2D eigenvalue weighted by Gasteiger charge is 2.19. The average Bonchev–Trinajstić information content (AvgIpc) is 2.34. The number of hydrogen-bond acceptors (Lipinski definition) is 5. The highest BCUT2D eigenvalue weighted by molar-refractivity contribution is 5.37. The Hall–Kier alpha value is -1.39. The van der Waals surface area contributed by atoms with Crippen LogP contribution in [0.5, 0.6) is 0 Å². The zero-order valence-electron chi connectivity index (χ0n) is 10.5. The molecule has 2 bridgehead atoms. The number of nitrogens with zero attached hydrogens (tertiary/aromatic N) is 3. The van der Waals surface area contributed by atoms with Crippen molar-refractivity contribution in [2.24, 2.45) is 0 Å². The van der Waals surface area contributed by atoms with Crippen molar-refractivity contribution in [3.8, 4) is 0 Å². The fourth-order valence-corrected chi connectivity index (χ4v) is 2.00. The molecule has 5 heteroatoms. The van der Waals surface area contributed by atoms with Gasteiger partial charge >= 0.3 is 0 Å². The van der Waals surface area contributed by atoms with Crippen LogP contribution in [0.15, 0.2) is 6.33 Å². The van der Waals surface area contributed by atoms with Crippen LogP contribution >= 0.6 is 0 Å². The van der Waals surface area contributed by atoms with E-state index < -0.39 is 0 Å². The lowest BCUT2D eigenvalue weighted by atomic mass is 10.00. The van der Waals surface area contributed by atoms with Gasteiger partial charge in [0.2, 0.25) is 11.9 Å². The Labute approximate surface area is 102 Å². The Kier molecular flexibility index (Phi) is 4.12. The van der Waals surface area contributed by atoms with E-state index in [1.807, 2.05) is 0 Å². The molecule has 2 atom stereocenters. The smallest absolute Gasteiger partial charge is 0.227 e. The van der Waals surface area contributed by atoms with Crippen molar-refractivity contribution in [2.45, 2.75) is 51.6 Å². The van der Waals surface area contributed by atoms with E-state index in [0.717, 1.165) is 19.3 Å². The maximum absolute atomic E-state index is 4.32. The predicted molar refractivity (Wildman–Crippen MR) is 68.8 cm³/mol. The van der Waals surface area contributed by atoms with Gasteiger partial charge < -0.3 is 10.6 Å². The first kappa shape index (κ1) is 12.1. The standard InChI is InChI=1S/C12H20N5/c1-3-5-6-10-7-9(4-2)15-11-13-8-14-12(16-10)17-11/h6,8-10H,3-5,7H2,1-2H3,(H2,13,14,15,16,17). The number of aromatic nitrogens is 3. The van der Waals surface area contributed by atoms with Gasteiger partial charge in [0, 0.05) is 12.1 Å². The predicted octanol–water partition coefficient (Wildman–Crippen LogP) is 2.25. The maximum Gasteiger partial charge on any atom is 0.227 e. The summed E-state index contributed by atoms with van der Waals surface area (Å²) < 4.78 is 0. The number of rotatable bonds is 4. The van der Waals surface area contributed by atoms with Crippen LogP contribution < -0.4 is 10.6 Å². The van der Waals surface area contributed by atoms with Crippen LogP contribution in [-0.2, 0) is 0 Å². The van der Waals surface area contributed by atoms with Crippen LogP contribution in [0.3, 0.4) is 0 Å². The van der Waals surface area contributed by atoms with Gasteiger partial charge in [-0.3, -0.25) is 0 Å². The molecule has 0 saturated heterocycles. The molecule has 1 aliphatic rings. The normalized spacial score (nSPS) is 23.2. The lowest BCUT2D eigenvalue weighted by Crippen LogP contribution is -2.33. The van der Waals surface area contributed by atoms with E-state index in [1.165, 1.54) is 6.42 Å². The molecule has 1 aliphatic heterocycles. The second-order valence-electron chi connectivity index (χ2n) is 4.39. The number of hydrogen-bond donors (Lipinski definition) is 2. The third kappa shape index (κ3) is 3.28. The lowest BCUT2D eigenvalue weighted by Gasteiger charge is -2.27. The largest absolute Gasteiger partial charge is 0.351 e. The summed E-state index contributed by atoms with van der Waals surface area (Å²) in [6.45, 7) is 4.37. The van der Waals surface area contributed by atoms with Crippen molar-refractivity contribution in [1.29, 1.82) is 0 Å². The van der Waals surface area contributed by atoms with Gasteiger partial charge in [-0.2, -0.15) is 4.98 Å². The Morgan fingerprint density at radius 1 is 1.29 bits per heavy atom. The first-order valence-corrected chi connectivity index (χ1v) is 6.37. The van der Waals surface area contributed by atoms with Gasteiger partial charge in [0.15, 0.2) is 0 Å². The molecule has 1 radical (unpaired) electrons. The molecule has 0 amide bonds. The molecular formula is C12H20N5. The first-order valence-electron chi connectivity index (χ1n) is 6.37. The molecule has 0 fully saturated rings. The highest BCUT2D eigenvalue weighted by Crippen LogP contribution is 2.18. The first-order chi connectivity index (χ1) is 8.31. The van der Waals surface area contributed by atoms with E-state index in [0.29, 0.717) is 24.0 Å². The number of unbranched alkanes of at least 4 members (excludes halogenated alkanes) is 1. The zero-order chi connectivity index (χ0) is 12.1. The SMILES string of the molecule is CCC[CH]C1CC(CC)Nc2ncnc(n2)N1. The van der Waals surface area contributed by atoms with Crippen molar-refractivity contribution in [2.75, 3.05) is 10.6 Å². The second kappa shape index (κ2) is 5.80. The van der Waals surface area contributed by atoms with Gasteiger partial charge in [-0.05, 0) is 25.7 Å². The maximum atomic E-state index is 4.32. The summed E-state index contributed by atoms with van der Waals surface area (Å²) in [6.07, 6.45) is 8.27. The molecule has 2 N–H and O–H groups in total. The molecule has 0 aromatic carbocycles. The second-order valence-corrected chi connectivity index (χ2v) is 4.39. The van der Waals surface area contributed by atoms with E-state index in [-0.39, 0.29) is 0 Å². The monoisotopic (exact) mass is 234 g/mol. The summed E-state index contributed by atoms with van der Waals surface area (Å²) in [5.74, 6) is 1.33. The molecule has 2 rings (SSSR count). The van der Waals surface area contributed by atoms with Gasteiger partial charge in [0.25, 0.3) is 0 Å². The van der Waals surface area contributed by atoms with Crippen molar-refractivity contribution < 1.29 is 0 Å². The molecule has 5 nitrogen and oxygen atoms in total. The van der Waals surface area contributed by atoms with Crippen molar-refractivity contribution >= 4 is 11.9 Å². The number of fused-ring (bicyclic) bond motifs is 2. The molecule has 2 unspecified atom stereocenters. The zero-order valence-corrected chi connectivity index (χ0v) is 10.5. The third-order valence-electron chi connectivity index (χ3n) is 2.99. The highest BCUT2D eigenvalue weighted by atomic mass is 15.2. The van der Waals surface area contributed by atoms with E-state index in [9.17, 15) is 0 Å². The Morgan fingerprint density at radius 2 is 2.06 bits per heavy atom. The minimum atomic E-state index is 0.336. The molecule has 1 aromatic rings. The van der Waals surface area contributed by atoms with Gasteiger partial charge in [-0.25, -0.2) is 9.97 Å². The molecular weight excluding hydrogens is 214 g/mol. The lowest BCUT2D eigenvalue weighted by molar-refractivity contribution is 0.566. The quantitative estimate of drug-likeness (QED) is 0.836.